The van der Waals surface area contributed by atoms with E-state index in [-0.39, 0.29) is 0 Å². The van der Waals surface area contributed by atoms with Crippen LogP contribution in [0.2, 0.25) is 0 Å². The highest BCUT2D eigenvalue weighted by molar-refractivity contribution is 6.54. The topological polar surface area (TPSA) is 9.23 Å². The van der Waals surface area contributed by atoms with Crippen LogP contribution in [0, 0.1) is 0 Å². The van der Waals surface area contributed by atoms with Gasteiger partial charge in [-0.3, -0.25) is 0 Å². The first kappa shape index (κ1) is 11.9. The molecule has 2 rings (SSSR count). The van der Waals surface area contributed by atoms with Gasteiger partial charge in [-0.1, -0.05) is 54.6 Å². The summed E-state index contributed by atoms with van der Waals surface area (Å²) in [5.74, 6) is 0.922. The summed E-state index contributed by atoms with van der Waals surface area (Å²) in [7, 11) is 2.50. The minimum absolute atomic E-state index is 0.574. The average molecular weight is 240 g/mol. The van der Waals surface area contributed by atoms with Crippen LogP contribution in [0.5, 0.6) is 5.75 Å². The van der Waals surface area contributed by atoms with Gasteiger partial charge in [0.15, 0.2) is 0 Å². The lowest BCUT2D eigenvalue weighted by atomic mass is 10.2. The van der Waals surface area contributed by atoms with Crippen molar-refractivity contribution in [1.82, 2.24) is 0 Å². The molecule has 2 radical (unpaired) electrons. The molecule has 0 amide bonds. The molecule has 2 aromatic carbocycles. The van der Waals surface area contributed by atoms with E-state index in [1.54, 1.807) is 7.11 Å². The van der Waals surface area contributed by atoms with E-state index >= 15 is 0 Å². The Kier molecular flexibility index (Phi) is 3.99. The van der Waals surface area contributed by atoms with Gasteiger partial charge in [-0.25, -0.2) is 0 Å². The lowest BCUT2D eigenvalue weighted by molar-refractivity contribution is 0.415. The summed E-state index contributed by atoms with van der Waals surface area (Å²) in [6, 6.07) is 19.0. The summed E-state index contributed by atoms with van der Waals surface area (Å²) in [6.45, 7) is 2.28. The molecule has 0 aliphatic heterocycles. The Balaban J connectivity index is 2.05. The molecule has 17 heavy (non-hydrogen) atoms. The molecule has 0 bridgehead atoms. The molecule has 0 saturated heterocycles. The largest absolute Gasteiger partial charge is 0.497 e. The van der Waals surface area contributed by atoms with Crippen LogP contribution in [-0.2, 0) is 0 Å². The van der Waals surface area contributed by atoms with E-state index in [1.165, 1.54) is 10.8 Å². The number of methoxy groups -OCH3 is 1. The predicted octanol–water partition coefficient (Wildman–Crippen LogP) is 2.79. The molecule has 86 valence electrons. The molecule has 0 spiro atoms. The van der Waals surface area contributed by atoms with Crippen molar-refractivity contribution >= 4 is 14.7 Å². The molecule has 0 aromatic heterocycles. The molecule has 0 heterocycles. The van der Waals surface area contributed by atoms with Crippen LogP contribution in [0.4, 0.5) is 0 Å². The molecule has 1 nitrogen and oxygen atoms in total. The predicted molar refractivity (Wildman–Crippen MR) is 73.2 cm³/mol. The van der Waals surface area contributed by atoms with E-state index in [0.29, 0.717) is 5.54 Å². The second-order valence-electron chi connectivity index (χ2n) is 4.01. The van der Waals surface area contributed by atoms with Crippen LogP contribution in [0.15, 0.2) is 54.6 Å². The zero-order valence-electron chi connectivity index (χ0n) is 10.2. The minimum atomic E-state index is 0.574. The molecule has 0 unspecified atom stereocenters. The van der Waals surface area contributed by atoms with Crippen LogP contribution >= 0.6 is 0 Å². The molecule has 0 aliphatic carbocycles. The number of ether oxygens (including phenoxy) is 1. The van der Waals surface area contributed by atoms with Gasteiger partial charge in [0.1, 0.15) is 5.75 Å². The van der Waals surface area contributed by atoms with Gasteiger partial charge in [-0.15, -0.1) is 0 Å². The Bertz CT molecular complexity index is 450. The second kappa shape index (κ2) is 5.69. The third-order valence-electron chi connectivity index (χ3n) is 2.77. The van der Waals surface area contributed by atoms with Crippen molar-refractivity contribution in [2.75, 3.05) is 7.11 Å². The number of benzene rings is 2. The zero-order chi connectivity index (χ0) is 12.1. The Labute approximate surface area is 105 Å². The lowest BCUT2D eigenvalue weighted by Gasteiger charge is -2.11. The Morgan fingerprint density at radius 3 is 2.18 bits per heavy atom. The van der Waals surface area contributed by atoms with Gasteiger partial charge in [0, 0.05) is 0 Å². The SMILES string of the molecule is COc1ccc([Si][C@@H](C)c2ccccc2)cc1. The van der Waals surface area contributed by atoms with Crippen molar-refractivity contribution in [3.63, 3.8) is 0 Å². The van der Waals surface area contributed by atoms with Crippen LogP contribution < -0.4 is 9.92 Å². The number of rotatable bonds is 4. The maximum atomic E-state index is 5.16. The number of hydrogen-bond donors (Lipinski definition) is 0. The van der Waals surface area contributed by atoms with Gasteiger partial charge in [0.25, 0.3) is 0 Å². The van der Waals surface area contributed by atoms with Crippen LogP contribution in [0.25, 0.3) is 0 Å². The second-order valence-corrected chi connectivity index (χ2v) is 5.74. The van der Waals surface area contributed by atoms with E-state index in [2.05, 4.69) is 49.4 Å². The van der Waals surface area contributed by atoms with Gasteiger partial charge < -0.3 is 4.74 Å². The van der Waals surface area contributed by atoms with E-state index in [4.69, 9.17) is 4.74 Å². The first-order valence-corrected chi connectivity index (χ1v) is 6.83. The molecule has 0 aliphatic rings. The van der Waals surface area contributed by atoms with E-state index in [9.17, 15) is 0 Å². The van der Waals surface area contributed by atoms with Gasteiger partial charge in [-0.05, 0) is 23.2 Å². The fraction of sp³-hybridized carbons (Fsp3) is 0.200. The van der Waals surface area contributed by atoms with Gasteiger partial charge in [0.05, 0.1) is 16.6 Å². The van der Waals surface area contributed by atoms with Crippen molar-refractivity contribution in [2.45, 2.75) is 12.5 Å². The van der Waals surface area contributed by atoms with E-state index < -0.39 is 0 Å². The van der Waals surface area contributed by atoms with Crippen molar-refractivity contribution < 1.29 is 4.74 Å². The van der Waals surface area contributed by atoms with Crippen LogP contribution in [-0.4, -0.2) is 16.6 Å². The maximum absolute atomic E-state index is 5.16. The summed E-state index contributed by atoms with van der Waals surface area (Å²) in [4.78, 5) is 0. The normalized spacial score (nSPS) is 12.1. The summed E-state index contributed by atoms with van der Waals surface area (Å²) < 4.78 is 5.16. The van der Waals surface area contributed by atoms with Crippen molar-refractivity contribution in [1.29, 1.82) is 0 Å². The Hall–Kier alpha value is -1.54. The third kappa shape index (κ3) is 3.20. The third-order valence-corrected chi connectivity index (χ3v) is 4.21. The van der Waals surface area contributed by atoms with Crippen LogP contribution in [0.3, 0.4) is 0 Å². The first-order valence-electron chi connectivity index (χ1n) is 5.75. The van der Waals surface area contributed by atoms with Crippen LogP contribution in [0.1, 0.15) is 18.0 Å². The molecule has 1 atom stereocenters. The van der Waals surface area contributed by atoms with Crippen molar-refractivity contribution in [3.8, 4) is 5.75 Å². The van der Waals surface area contributed by atoms with E-state index in [1.807, 2.05) is 12.1 Å². The van der Waals surface area contributed by atoms with Crippen molar-refractivity contribution in [2.24, 2.45) is 0 Å². The molecule has 0 saturated carbocycles. The Morgan fingerprint density at radius 1 is 0.941 bits per heavy atom. The van der Waals surface area contributed by atoms with Crippen molar-refractivity contribution in [3.05, 3.63) is 60.2 Å². The quantitative estimate of drug-likeness (QED) is 0.747. The summed E-state index contributed by atoms with van der Waals surface area (Å²) in [5.41, 5.74) is 1.98. The summed E-state index contributed by atoms with van der Waals surface area (Å²) in [5, 5.41) is 1.38. The minimum Gasteiger partial charge on any atom is -0.497 e. The smallest absolute Gasteiger partial charge is 0.118 e. The lowest BCUT2D eigenvalue weighted by Crippen LogP contribution is -2.19. The number of hydrogen-bond acceptors (Lipinski definition) is 1. The fourth-order valence-corrected chi connectivity index (χ4v) is 2.98. The molecule has 2 heteroatoms. The first-order chi connectivity index (χ1) is 8.29. The zero-order valence-corrected chi connectivity index (χ0v) is 11.2. The highest BCUT2D eigenvalue weighted by atomic mass is 28.2. The molecular formula is C15H16OSi. The highest BCUT2D eigenvalue weighted by Crippen LogP contribution is 2.13. The van der Waals surface area contributed by atoms with Gasteiger partial charge >= 0.3 is 0 Å². The van der Waals surface area contributed by atoms with Gasteiger partial charge in [0.2, 0.25) is 0 Å². The van der Waals surface area contributed by atoms with Gasteiger partial charge in [-0.2, -0.15) is 0 Å². The molecule has 0 N–H and O–H groups in total. The molecule has 2 aromatic rings. The monoisotopic (exact) mass is 240 g/mol. The summed E-state index contributed by atoms with van der Waals surface area (Å²) in [6.07, 6.45) is 0. The average Bonchev–Trinajstić information content (AvgIpc) is 2.40. The maximum Gasteiger partial charge on any atom is 0.118 e. The summed E-state index contributed by atoms with van der Waals surface area (Å²) >= 11 is 0. The molecule has 0 fully saturated rings. The highest BCUT2D eigenvalue weighted by Gasteiger charge is 2.07. The Morgan fingerprint density at radius 2 is 1.59 bits per heavy atom. The van der Waals surface area contributed by atoms with E-state index in [0.717, 1.165) is 15.3 Å². The fourth-order valence-electron chi connectivity index (χ4n) is 1.76. The molecular weight excluding hydrogens is 224 g/mol. The standard InChI is InChI=1S/C15H16OSi/c1-12(13-6-4-3-5-7-13)17-15-10-8-14(16-2)9-11-15/h3-12H,1-2H3/t12-/m0/s1.